The van der Waals surface area contributed by atoms with Gasteiger partial charge in [-0.1, -0.05) is 42.5 Å². The van der Waals surface area contributed by atoms with Gasteiger partial charge in [-0.3, -0.25) is 9.79 Å². The quantitative estimate of drug-likeness (QED) is 0.848. The molecule has 0 bridgehead atoms. The van der Waals surface area contributed by atoms with Gasteiger partial charge in [0.1, 0.15) is 0 Å². The summed E-state index contributed by atoms with van der Waals surface area (Å²) in [5, 5.41) is 0. The fourth-order valence-corrected chi connectivity index (χ4v) is 3.17. The third-order valence-electron chi connectivity index (χ3n) is 4.41. The summed E-state index contributed by atoms with van der Waals surface area (Å²) in [4.78, 5) is 18.5. The maximum Gasteiger partial charge on any atom is 0.227 e. The molecule has 0 N–H and O–H groups in total. The van der Waals surface area contributed by atoms with Gasteiger partial charge in [-0.25, -0.2) is 0 Å². The number of carbonyl (C=O) groups is 1. The van der Waals surface area contributed by atoms with Crippen LogP contribution < -0.4 is 4.90 Å². The highest BCUT2D eigenvalue weighted by Gasteiger charge is 2.23. The Labute approximate surface area is 136 Å². The van der Waals surface area contributed by atoms with Crippen LogP contribution in [0.2, 0.25) is 0 Å². The first-order valence-corrected chi connectivity index (χ1v) is 8.02. The molecule has 0 unspecified atom stereocenters. The lowest BCUT2D eigenvalue weighted by Gasteiger charge is -2.16. The van der Waals surface area contributed by atoms with Gasteiger partial charge < -0.3 is 4.90 Å². The molecular weight excluding hydrogens is 284 g/mol. The molecule has 23 heavy (non-hydrogen) atoms. The van der Waals surface area contributed by atoms with Crippen molar-refractivity contribution < 1.29 is 4.79 Å². The van der Waals surface area contributed by atoms with Crippen LogP contribution in [0.15, 0.2) is 59.6 Å². The van der Waals surface area contributed by atoms with Crippen LogP contribution in [-0.4, -0.2) is 18.2 Å². The lowest BCUT2D eigenvalue weighted by molar-refractivity contribution is -0.117. The van der Waals surface area contributed by atoms with Crippen LogP contribution in [-0.2, 0) is 11.3 Å². The van der Waals surface area contributed by atoms with E-state index in [4.69, 9.17) is 0 Å². The number of anilines is 1. The van der Waals surface area contributed by atoms with Gasteiger partial charge in [0.05, 0.1) is 12.3 Å². The average molecular weight is 302 g/mol. The highest BCUT2D eigenvalue weighted by atomic mass is 16.2. The van der Waals surface area contributed by atoms with Crippen LogP contribution in [0, 0.1) is 0 Å². The van der Waals surface area contributed by atoms with E-state index < -0.39 is 0 Å². The maximum absolute atomic E-state index is 11.9. The standard InChI is InChI=1S/C20H18N2O/c23-20-7-4-12-22(20)17-10-9-16-14-21-19(18(16)13-17)11-8-15-5-2-1-3-6-15/h1-3,5-6,8-11,13H,4,7,12,14H2/b11-8+. The number of nitrogens with zero attached hydrogens (tertiary/aromatic N) is 2. The van der Waals surface area contributed by atoms with Crippen molar-refractivity contribution in [3.8, 4) is 0 Å². The first-order valence-electron chi connectivity index (χ1n) is 8.02. The second-order valence-corrected chi connectivity index (χ2v) is 5.94. The molecule has 0 aliphatic carbocycles. The lowest BCUT2D eigenvalue weighted by Crippen LogP contribution is -2.23. The summed E-state index contributed by atoms with van der Waals surface area (Å²) in [6.07, 6.45) is 5.76. The molecule has 1 amide bonds. The van der Waals surface area contributed by atoms with Crippen LogP contribution in [0.25, 0.3) is 6.08 Å². The van der Waals surface area contributed by atoms with Crippen molar-refractivity contribution in [2.24, 2.45) is 4.99 Å². The molecule has 0 saturated carbocycles. The van der Waals surface area contributed by atoms with Crippen LogP contribution >= 0.6 is 0 Å². The molecule has 114 valence electrons. The number of carbonyl (C=O) groups excluding carboxylic acids is 1. The topological polar surface area (TPSA) is 32.7 Å². The summed E-state index contributed by atoms with van der Waals surface area (Å²) in [7, 11) is 0. The van der Waals surface area contributed by atoms with Crippen molar-refractivity contribution in [2.45, 2.75) is 19.4 Å². The fraction of sp³-hybridized carbons (Fsp3) is 0.200. The largest absolute Gasteiger partial charge is 0.312 e. The van der Waals surface area contributed by atoms with Crippen molar-refractivity contribution in [2.75, 3.05) is 11.4 Å². The molecule has 4 rings (SSSR count). The maximum atomic E-state index is 11.9. The molecule has 1 fully saturated rings. The van der Waals surface area contributed by atoms with Crippen molar-refractivity contribution in [1.29, 1.82) is 0 Å². The van der Waals surface area contributed by atoms with E-state index in [-0.39, 0.29) is 5.91 Å². The molecule has 0 atom stereocenters. The number of rotatable bonds is 3. The molecule has 3 heteroatoms. The molecule has 0 spiro atoms. The van der Waals surface area contributed by atoms with Gasteiger partial charge in [0, 0.05) is 24.2 Å². The van der Waals surface area contributed by atoms with E-state index >= 15 is 0 Å². The summed E-state index contributed by atoms with van der Waals surface area (Å²) in [5.41, 5.74) is 5.53. The molecule has 0 aromatic heterocycles. The average Bonchev–Trinajstić information content (AvgIpc) is 3.19. The Kier molecular flexibility index (Phi) is 3.54. The Morgan fingerprint density at radius 2 is 1.91 bits per heavy atom. The van der Waals surface area contributed by atoms with Gasteiger partial charge in [-0.2, -0.15) is 0 Å². The summed E-state index contributed by atoms with van der Waals surface area (Å²) >= 11 is 0. The van der Waals surface area contributed by atoms with E-state index in [1.54, 1.807) is 0 Å². The highest BCUT2D eigenvalue weighted by molar-refractivity contribution is 6.14. The van der Waals surface area contributed by atoms with Crippen molar-refractivity contribution >= 4 is 23.4 Å². The van der Waals surface area contributed by atoms with E-state index in [0.717, 1.165) is 42.0 Å². The minimum Gasteiger partial charge on any atom is -0.312 e. The zero-order valence-corrected chi connectivity index (χ0v) is 12.9. The van der Waals surface area contributed by atoms with Crippen molar-refractivity contribution in [3.63, 3.8) is 0 Å². The molecule has 2 aliphatic rings. The third kappa shape index (κ3) is 2.70. The van der Waals surface area contributed by atoms with Gasteiger partial charge in [0.15, 0.2) is 0 Å². The predicted molar refractivity (Wildman–Crippen MR) is 93.7 cm³/mol. The molecule has 2 aromatic rings. The molecule has 3 nitrogen and oxygen atoms in total. The number of aliphatic imine (C=N–C) groups is 1. The van der Waals surface area contributed by atoms with Crippen LogP contribution in [0.5, 0.6) is 0 Å². The molecular formula is C20H18N2O. The van der Waals surface area contributed by atoms with E-state index in [2.05, 4.69) is 41.4 Å². The first kappa shape index (κ1) is 13.9. The van der Waals surface area contributed by atoms with Crippen molar-refractivity contribution in [1.82, 2.24) is 0 Å². The van der Waals surface area contributed by atoms with Gasteiger partial charge in [-0.05, 0) is 35.8 Å². The molecule has 2 heterocycles. The Hall–Kier alpha value is -2.68. The van der Waals surface area contributed by atoms with E-state index in [0.29, 0.717) is 6.42 Å². The third-order valence-corrected chi connectivity index (χ3v) is 4.41. The minimum atomic E-state index is 0.223. The molecule has 2 aliphatic heterocycles. The van der Waals surface area contributed by atoms with E-state index in [1.165, 1.54) is 5.56 Å². The first-order chi connectivity index (χ1) is 11.3. The summed E-state index contributed by atoms with van der Waals surface area (Å²) in [6.45, 7) is 1.54. The zero-order valence-electron chi connectivity index (χ0n) is 12.9. The predicted octanol–water partition coefficient (Wildman–Crippen LogP) is 3.83. The van der Waals surface area contributed by atoms with E-state index in [9.17, 15) is 4.79 Å². The van der Waals surface area contributed by atoms with Crippen molar-refractivity contribution in [3.05, 3.63) is 71.3 Å². The number of allylic oxidation sites excluding steroid dienone is 1. The normalized spacial score (nSPS) is 17.0. The Morgan fingerprint density at radius 3 is 2.70 bits per heavy atom. The number of amides is 1. The monoisotopic (exact) mass is 302 g/mol. The summed E-state index contributed by atoms with van der Waals surface area (Å²) in [6, 6.07) is 16.5. The number of hydrogen-bond acceptors (Lipinski definition) is 2. The molecule has 1 saturated heterocycles. The summed E-state index contributed by atoms with van der Waals surface area (Å²) in [5.74, 6) is 0.223. The van der Waals surface area contributed by atoms with Crippen LogP contribution in [0.4, 0.5) is 5.69 Å². The second kappa shape index (κ2) is 5.84. The number of fused-ring (bicyclic) bond motifs is 1. The molecule has 0 radical (unpaired) electrons. The minimum absolute atomic E-state index is 0.223. The van der Waals surface area contributed by atoms with Crippen LogP contribution in [0.3, 0.4) is 0 Å². The fourth-order valence-electron chi connectivity index (χ4n) is 3.17. The SMILES string of the molecule is O=C1CCCN1c1ccc2c(c1)C(/C=C/c1ccccc1)=NC2. The summed E-state index contributed by atoms with van der Waals surface area (Å²) < 4.78 is 0. The van der Waals surface area contributed by atoms with E-state index in [1.807, 2.05) is 29.2 Å². The Bertz CT molecular complexity index is 806. The number of benzene rings is 2. The Morgan fingerprint density at radius 1 is 1.04 bits per heavy atom. The lowest BCUT2D eigenvalue weighted by atomic mass is 10.0. The highest BCUT2D eigenvalue weighted by Crippen LogP contribution is 2.28. The van der Waals surface area contributed by atoms with Gasteiger partial charge in [-0.15, -0.1) is 0 Å². The second-order valence-electron chi connectivity index (χ2n) is 5.94. The van der Waals surface area contributed by atoms with Gasteiger partial charge in [0.25, 0.3) is 0 Å². The van der Waals surface area contributed by atoms with Gasteiger partial charge in [0.2, 0.25) is 5.91 Å². The number of hydrogen-bond donors (Lipinski definition) is 0. The van der Waals surface area contributed by atoms with Gasteiger partial charge >= 0.3 is 0 Å². The smallest absolute Gasteiger partial charge is 0.227 e. The Balaban J connectivity index is 1.62. The zero-order chi connectivity index (χ0) is 15.6. The van der Waals surface area contributed by atoms with Crippen LogP contribution in [0.1, 0.15) is 29.5 Å². The molecule has 2 aromatic carbocycles.